The summed E-state index contributed by atoms with van der Waals surface area (Å²) in [7, 11) is 1.63. The molecule has 0 aliphatic heterocycles. The number of rotatable bonds is 7. The van der Waals surface area contributed by atoms with Crippen molar-refractivity contribution in [1.82, 2.24) is 5.32 Å². The molecule has 4 heteroatoms. The summed E-state index contributed by atoms with van der Waals surface area (Å²) >= 11 is 0. The molecule has 0 spiro atoms. The van der Waals surface area contributed by atoms with Crippen molar-refractivity contribution in [2.75, 3.05) is 13.7 Å². The van der Waals surface area contributed by atoms with E-state index in [4.69, 9.17) is 4.74 Å². The van der Waals surface area contributed by atoms with E-state index in [1.807, 2.05) is 24.3 Å². The molecule has 0 heterocycles. The number of carbonyl (C=O) groups is 1. The molecule has 0 saturated heterocycles. The maximum absolute atomic E-state index is 13.4. The van der Waals surface area contributed by atoms with Gasteiger partial charge in [-0.15, -0.1) is 0 Å². The molecule has 2 aromatic rings. The Morgan fingerprint density at radius 2 is 1.82 bits per heavy atom. The zero-order chi connectivity index (χ0) is 15.8. The third kappa shape index (κ3) is 4.88. The third-order valence-corrected chi connectivity index (χ3v) is 3.47. The molecular weight excluding hydrogens is 281 g/mol. The van der Waals surface area contributed by atoms with Gasteiger partial charge >= 0.3 is 0 Å². The van der Waals surface area contributed by atoms with Crippen molar-refractivity contribution >= 4 is 5.91 Å². The van der Waals surface area contributed by atoms with Gasteiger partial charge in [0.2, 0.25) is 5.91 Å². The Balaban J connectivity index is 1.70. The van der Waals surface area contributed by atoms with Crippen LogP contribution in [0.15, 0.2) is 48.5 Å². The predicted octanol–water partition coefficient (Wildman–Crippen LogP) is 3.13. The van der Waals surface area contributed by atoms with Crippen LogP contribution in [0, 0.1) is 5.82 Å². The Bertz CT molecular complexity index is 611. The molecular formula is C18H20FNO2. The molecule has 116 valence electrons. The summed E-state index contributed by atoms with van der Waals surface area (Å²) in [6.07, 6.45) is 1.47. The zero-order valence-corrected chi connectivity index (χ0v) is 12.6. The monoisotopic (exact) mass is 301 g/mol. The van der Waals surface area contributed by atoms with Gasteiger partial charge in [-0.2, -0.15) is 0 Å². The van der Waals surface area contributed by atoms with Crippen molar-refractivity contribution in [2.45, 2.75) is 19.3 Å². The van der Waals surface area contributed by atoms with Gasteiger partial charge < -0.3 is 10.1 Å². The van der Waals surface area contributed by atoms with Gasteiger partial charge in [0.1, 0.15) is 11.6 Å². The van der Waals surface area contributed by atoms with E-state index in [1.54, 1.807) is 25.3 Å². The van der Waals surface area contributed by atoms with E-state index in [2.05, 4.69) is 5.32 Å². The van der Waals surface area contributed by atoms with Crippen molar-refractivity contribution in [3.05, 3.63) is 65.5 Å². The van der Waals surface area contributed by atoms with Crippen LogP contribution in [-0.4, -0.2) is 19.6 Å². The molecule has 1 amide bonds. The summed E-state index contributed by atoms with van der Waals surface area (Å²) in [6.45, 7) is 0.572. The molecule has 0 atom stereocenters. The topological polar surface area (TPSA) is 38.3 Å². The second-order valence-corrected chi connectivity index (χ2v) is 5.04. The minimum atomic E-state index is -0.256. The van der Waals surface area contributed by atoms with Gasteiger partial charge in [0.05, 0.1) is 7.11 Å². The van der Waals surface area contributed by atoms with Gasteiger partial charge in [-0.3, -0.25) is 4.79 Å². The number of hydrogen-bond acceptors (Lipinski definition) is 2. The molecule has 0 bridgehead atoms. The maximum atomic E-state index is 13.4. The summed E-state index contributed by atoms with van der Waals surface area (Å²) in [6, 6.07) is 14.3. The van der Waals surface area contributed by atoms with Crippen LogP contribution >= 0.6 is 0 Å². The number of aryl methyl sites for hydroxylation is 1. The second-order valence-electron chi connectivity index (χ2n) is 5.04. The molecule has 2 aromatic carbocycles. The molecule has 3 nitrogen and oxygen atoms in total. The van der Waals surface area contributed by atoms with Crippen LogP contribution in [-0.2, 0) is 17.6 Å². The lowest BCUT2D eigenvalue weighted by Crippen LogP contribution is -2.25. The highest BCUT2D eigenvalue weighted by molar-refractivity contribution is 5.76. The van der Waals surface area contributed by atoms with Gasteiger partial charge in [-0.05, 0) is 42.2 Å². The van der Waals surface area contributed by atoms with Crippen LogP contribution < -0.4 is 10.1 Å². The predicted molar refractivity (Wildman–Crippen MR) is 84.4 cm³/mol. The number of amides is 1. The molecule has 1 N–H and O–H groups in total. The zero-order valence-electron chi connectivity index (χ0n) is 12.6. The average Bonchev–Trinajstić information content (AvgIpc) is 2.55. The first-order chi connectivity index (χ1) is 10.7. The summed E-state index contributed by atoms with van der Waals surface area (Å²) in [5, 5.41) is 2.86. The minimum Gasteiger partial charge on any atom is -0.497 e. The van der Waals surface area contributed by atoms with Gasteiger partial charge in [0, 0.05) is 13.0 Å². The molecule has 0 radical (unpaired) electrons. The van der Waals surface area contributed by atoms with Gasteiger partial charge in [0.25, 0.3) is 0 Å². The average molecular weight is 301 g/mol. The van der Waals surface area contributed by atoms with E-state index in [9.17, 15) is 9.18 Å². The highest BCUT2D eigenvalue weighted by Crippen LogP contribution is 2.11. The van der Waals surface area contributed by atoms with Crippen LogP contribution in [0.2, 0.25) is 0 Å². The lowest BCUT2D eigenvalue weighted by atomic mass is 10.1. The van der Waals surface area contributed by atoms with Crippen molar-refractivity contribution < 1.29 is 13.9 Å². The molecule has 22 heavy (non-hydrogen) atoms. The lowest BCUT2D eigenvalue weighted by Gasteiger charge is -2.07. The lowest BCUT2D eigenvalue weighted by molar-refractivity contribution is -0.121. The Kier molecular flexibility index (Phi) is 5.95. The number of nitrogens with one attached hydrogen (secondary N) is 1. The SMILES string of the molecule is COc1ccc(CCNC(=O)CCc2ccccc2F)cc1. The molecule has 0 aliphatic carbocycles. The van der Waals surface area contributed by atoms with E-state index < -0.39 is 0 Å². The van der Waals surface area contributed by atoms with Gasteiger partial charge in [-0.25, -0.2) is 4.39 Å². The molecule has 0 fully saturated rings. The number of hydrogen-bond donors (Lipinski definition) is 1. The summed E-state index contributed by atoms with van der Waals surface area (Å²) in [4.78, 5) is 11.8. The first-order valence-corrected chi connectivity index (χ1v) is 7.32. The Hall–Kier alpha value is -2.36. The highest BCUT2D eigenvalue weighted by Gasteiger charge is 2.05. The van der Waals surface area contributed by atoms with Crippen molar-refractivity contribution in [1.29, 1.82) is 0 Å². The number of benzene rings is 2. The Labute approximate surface area is 130 Å². The Morgan fingerprint density at radius 1 is 1.09 bits per heavy atom. The summed E-state index contributed by atoms with van der Waals surface area (Å²) in [5.74, 6) is 0.503. The molecule has 0 saturated carbocycles. The molecule has 0 aliphatic rings. The molecule has 0 aromatic heterocycles. The normalized spacial score (nSPS) is 10.3. The fourth-order valence-corrected chi connectivity index (χ4v) is 2.18. The summed E-state index contributed by atoms with van der Waals surface area (Å²) < 4.78 is 18.5. The molecule has 2 rings (SSSR count). The fraction of sp³-hybridized carbons (Fsp3) is 0.278. The first kappa shape index (κ1) is 16.0. The van der Waals surface area contributed by atoms with E-state index in [-0.39, 0.29) is 11.7 Å². The second kappa shape index (κ2) is 8.17. The van der Waals surface area contributed by atoms with Crippen LogP contribution in [0.4, 0.5) is 4.39 Å². The third-order valence-electron chi connectivity index (χ3n) is 3.47. The van der Waals surface area contributed by atoms with Crippen LogP contribution in [0.5, 0.6) is 5.75 Å². The van der Waals surface area contributed by atoms with Crippen molar-refractivity contribution in [3.63, 3.8) is 0 Å². The van der Waals surface area contributed by atoms with Crippen molar-refractivity contribution in [3.8, 4) is 5.75 Å². The standard InChI is InChI=1S/C18H20FNO2/c1-22-16-9-6-14(7-10-16)12-13-20-18(21)11-8-15-4-2-3-5-17(15)19/h2-7,9-10H,8,11-13H2,1H3,(H,20,21). The fourth-order valence-electron chi connectivity index (χ4n) is 2.18. The summed E-state index contributed by atoms with van der Waals surface area (Å²) in [5.41, 5.74) is 1.71. The number of carbonyl (C=O) groups excluding carboxylic acids is 1. The van der Waals surface area contributed by atoms with E-state index >= 15 is 0 Å². The van der Waals surface area contributed by atoms with Gasteiger partial charge in [0.15, 0.2) is 0 Å². The maximum Gasteiger partial charge on any atom is 0.220 e. The van der Waals surface area contributed by atoms with E-state index in [0.29, 0.717) is 24.9 Å². The van der Waals surface area contributed by atoms with Crippen LogP contribution in [0.1, 0.15) is 17.5 Å². The van der Waals surface area contributed by atoms with Crippen LogP contribution in [0.25, 0.3) is 0 Å². The largest absolute Gasteiger partial charge is 0.497 e. The minimum absolute atomic E-state index is 0.0586. The van der Waals surface area contributed by atoms with E-state index in [0.717, 1.165) is 17.7 Å². The molecule has 0 unspecified atom stereocenters. The highest BCUT2D eigenvalue weighted by atomic mass is 19.1. The Morgan fingerprint density at radius 3 is 2.50 bits per heavy atom. The van der Waals surface area contributed by atoms with Crippen molar-refractivity contribution in [2.24, 2.45) is 0 Å². The van der Waals surface area contributed by atoms with E-state index in [1.165, 1.54) is 6.07 Å². The number of ether oxygens (including phenoxy) is 1. The quantitative estimate of drug-likeness (QED) is 0.853. The first-order valence-electron chi connectivity index (χ1n) is 7.32. The smallest absolute Gasteiger partial charge is 0.220 e. The number of methoxy groups -OCH3 is 1. The number of halogens is 1. The van der Waals surface area contributed by atoms with Gasteiger partial charge in [-0.1, -0.05) is 30.3 Å². The van der Waals surface area contributed by atoms with Crippen LogP contribution in [0.3, 0.4) is 0 Å².